The van der Waals surface area contributed by atoms with E-state index in [9.17, 15) is 0 Å². The molecule has 0 spiro atoms. The topological polar surface area (TPSA) is 18.5 Å². The first kappa shape index (κ1) is 14.9. The van der Waals surface area contributed by atoms with Gasteiger partial charge >= 0.3 is 0 Å². The number of alkyl halides is 1. The Morgan fingerprint density at radius 1 is 1.00 bits per heavy atom. The molecule has 0 aromatic carbocycles. The van der Waals surface area contributed by atoms with Gasteiger partial charge in [-0.25, -0.2) is 0 Å². The SMILES string of the molecule is COCOCCC=CCCCCCCCl. The fraction of sp³-hybridized carbons (Fsp3) is 0.833. The summed E-state index contributed by atoms with van der Waals surface area (Å²) in [6, 6.07) is 0. The molecule has 0 heterocycles. The molecular formula is C12H23ClO2. The molecule has 0 unspecified atom stereocenters. The van der Waals surface area contributed by atoms with Crippen LogP contribution in [0.25, 0.3) is 0 Å². The third kappa shape index (κ3) is 14.0. The zero-order valence-corrected chi connectivity index (χ0v) is 10.5. The number of hydrogen-bond donors (Lipinski definition) is 0. The van der Waals surface area contributed by atoms with Gasteiger partial charge in [0, 0.05) is 13.0 Å². The van der Waals surface area contributed by atoms with Crippen molar-refractivity contribution in [3.05, 3.63) is 12.2 Å². The van der Waals surface area contributed by atoms with Crippen LogP contribution in [0.15, 0.2) is 12.2 Å². The molecule has 0 amide bonds. The lowest BCUT2D eigenvalue weighted by Gasteiger charge is -1.98. The van der Waals surface area contributed by atoms with E-state index < -0.39 is 0 Å². The van der Waals surface area contributed by atoms with Crippen molar-refractivity contribution >= 4 is 11.6 Å². The highest BCUT2D eigenvalue weighted by molar-refractivity contribution is 6.17. The number of rotatable bonds is 11. The van der Waals surface area contributed by atoms with Crippen molar-refractivity contribution in [2.45, 2.75) is 38.5 Å². The van der Waals surface area contributed by atoms with Gasteiger partial charge in [-0.1, -0.05) is 25.0 Å². The van der Waals surface area contributed by atoms with Gasteiger partial charge in [-0.05, 0) is 25.7 Å². The second kappa shape index (κ2) is 13.9. The summed E-state index contributed by atoms with van der Waals surface area (Å²) in [4.78, 5) is 0. The van der Waals surface area contributed by atoms with E-state index in [4.69, 9.17) is 21.1 Å². The highest BCUT2D eigenvalue weighted by Crippen LogP contribution is 2.04. The summed E-state index contributed by atoms with van der Waals surface area (Å²) in [5.41, 5.74) is 0. The minimum absolute atomic E-state index is 0.395. The smallest absolute Gasteiger partial charge is 0.146 e. The molecule has 0 aromatic heterocycles. The highest BCUT2D eigenvalue weighted by atomic mass is 35.5. The van der Waals surface area contributed by atoms with Crippen LogP contribution in [0.1, 0.15) is 38.5 Å². The number of methoxy groups -OCH3 is 1. The van der Waals surface area contributed by atoms with Gasteiger partial charge in [0.05, 0.1) is 6.61 Å². The van der Waals surface area contributed by atoms with Crippen LogP contribution in [0.2, 0.25) is 0 Å². The second-order valence-electron chi connectivity index (χ2n) is 3.47. The largest absolute Gasteiger partial charge is 0.359 e. The van der Waals surface area contributed by atoms with E-state index in [-0.39, 0.29) is 0 Å². The number of hydrogen-bond acceptors (Lipinski definition) is 2. The van der Waals surface area contributed by atoms with Crippen molar-refractivity contribution in [1.29, 1.82) is 0 Å². The molecular weight excluding hydrogens is 212 g/mol. The molecule has 15 heavy (non-hydrogen) atoms. The Morgan fingerprint density at radius 3 is 2.47 bits per heavy atom. The summed E-state index contributed by atoms with van der Waals surface area (Å²) in [5, 5.41) is 0. The standard InChI is InChI=1S/C12H23ClO2/c1-14-12-15-11-9-7-5-3-2-4-6-8-10-13/h5,7H,2-4,6,8-12H2,1H3. The maximum Gasteiger partial charge on any atom is 0.146 e. The van der Waals surface area contributed by atoms with E-state index >= 15 is 0 Å². The van der Waals surface area contributed by atoms with Crippen molar-refractivity contribution in [2.75, 3.05) is 26.4 Å². The quantitative estimate of drug-likeness (QED) is 0.235. The number of allylic oxidation sites excluding steroid dienone is 1. The summed E-state index contributed by atoms with van der Waals surface area (Å²) in [6.07, 6.45) is 11.5. The van der Waals surface area contributed by atoms with E-state index in [2.05, 4.69) is 12.2 Å². The maximum atomic E-state index is 5.59. The van der Waals surface area contributed by atoms with Crippen LogP contribution < -0.4 is 0 Å². The summed E-state index contributed by atoms with van der Waals surface area (Å²) < 4.78 is 9.92. The molecule has 0 saturated heterocycles. The Labute approximate surface area is 98.6 Å². The molecule has 0 aliphatic heterocycles. The summed E-state index contributed by atoms with van der Waals surface area (Å²) in [6.45, 7) is 1.14. The van der Waals surface area contributed by atoms with Gasteiger partial charge in [0.15, 0.2) is 0 Å². The van der Waals surface area contributed by atoms with E-state index in [0.29, 0.717) is 6.79 Å². The fourth-order valence-electron chi connectivity index (χ4n) is 1.24. The van der Waals surface area contributed by atoms with E-state index in [1.807, 2.05) is 0 Å². The van der Waals surface area contributed by atoms with Gasteiger partial charge in [-0.3, -0.25) is 0 Å². The molecule has 0 N–H and O–H groups in total. The number of halogens is 1. The Kier molecular flexibility index (Phi) is 13.9. The molecule has 0 aliphatic carbocycles. The lowest BCUT2D eigenvalue weighted by Crippen LogP contribution is -1.96. The van der Waals surface area contributed by atoms with E-state index in [1.54, 1.807) is 7.11 Å². The van der Waals surface area contributed by atoms with Crippen LogP contribution in [-0.4, -0.2) is 26.4 Å². The molecule has 0 radical (unpaired) electrons. The lowest BCUT2D eigenvalue weighted by molar-refractivity contribution is -0.0285. The highest BCUT2D eigenvalue weighted by Gasteiger charge is 1.87. The van der Waals surface area contributed by atoms with Crippen LogP contribution in [0.4, 0.5) is 0 Å². The Morgan fingerprint density at radius 2 is 1.73 bits per heavy atom. The van der Waals surface area contributed by atoms with Gasteiger partial charge < -0.3 is 9.47 Å². The van der Waals surface area contributed by atoms with Crippen LogP contribution in [0.3, 0.4) is 0 Å². The van der Waals surface area contributed by atoms with Crippen LogP contribution in [-0.2, 0) is 9.47 Å². The number of ether oxygens (including phenoxy) is 2. The second-order valence-corrected chi connectivity index (χ2v) is 3.84. The van der Waals surface area contributed by atoms with Crippen LogP contribution >= 0.6 is 11.6 Å². The van der Waals surface area contributed by atoms with Crippen molar-refractivity contribution in [3.63, 3.8) is 0 Å². The predicted molar refractivity (Wildman–Crippen MR) is 65.4 cm³/mol. The average molecular weight is 235 g/mol. The molecule has 0 bridgehead atoms. The normalized spacial score (nSPS) is 11.3. The van der Waals surface area contributed by atoms with Gasteiger partial charge in [-0.2, -0.15) is 0 Å². The summed E-state index contributed by atoms with van der Waals surface area (Å²) in [5.74, 6) is 0.798. The van der Waals surface area contributed by atoms with Crippen LogP contribution in [0, 0.1) is 0 Å². The van der Waals surface area contributed by atoms with Crippen molar-refractivity contribution in [3.8, 4) is 0 Å². The fourth-order valence-corrected chi connectivity index (χ4v) is 1.43. The minimum atomic E-state index is 0.395. The Hall–Kier alpha value is -0.0500. The Balaban J connectivity index is 2.97. The molecule has 3 heteroatoms. The zero-order chi connectivity index (χ0) is 11.2. The minimum Gasteiger partial charge on any atom is -0.359 e. The molecule has 0 aliphatic rings. The predicted octanol–water partition coefficient (Wildman–Crippen LogP) is 3.74. The third-order valence-corrected chi connectivity index (χ3v) is 2.32. The van der Waals surface area contributed by atoms with Crippen molar-refractivity contribution in [1.82, 2.24) is 0 Å². The Bertz CT molecular complexity index is 138. The van der Waals surface area contributed by atoms with Crippen molar-refractivity contribution in [2.24, 2.45) is 0 Å². The summed E-state index contributed by atoms with van der Waals surface area (Å²) >= 11 is 5.59. The van der Waals surface area contributed by atoms with Gasteiger partial charge in [-0.15, -0.1) is 11.6 Å². The maximum absolute atomic E-state index is 5.59. The molecule has 2 nitrogen and oxygen atoms in total. The van der Waals surface area contributed by atoms with E-state index in [0.717, 1.165) is 25.3 Å². The van der Waals surface area contributed by atoms with Gasteiger partial charge in [0.1, 0.15) is 6.79 Å². The first-order chi connectivity index (χ1) is 7.41. The first-order valence-corrected chi connectivity index (χ1v) is 6.23. The first-order valence-electron chi connectivity index (χ1n) is 5.69. The average Bonchev–Trinajstić information content (AvgIpc) is 2.26. The van der Waals surface area contributed by atoms with Crippen molar-refractivity contribution < 1.29 is 9.47 Å². The zero-order valence-electron chi connectivity index (χ0n) is 9.71. The lowest BCUT2D eigenvalue weighted by atomic mass is 10.1. The molecule has 0 atom stereocenters. The molecule has 0 fully saturated rings. The molecule has 0 rings (SSSR count). The van der Waals surface area contributed by atoms with Gasteiger partial charge in [0.2, 0.25) is 0 Å². The third-order valence-electron chi connectivity index (χ3n) is 2.05. The summed E-state index contributed by atoms with van der Waals surface area (Å²) in [7, 11) is 1.64. The van der Waals surface area contributed by atoms with E-state index in [1.165, 1.54) is 25.7 Å². The molecule has 0 aromatic rings. The molecule has 0 saturated carbocycles. The number of unbranched alkanes of at least 4 members (excludes halogenated alkanes) is 4. The molecule has 90 valence electrons. The van der Waals surface area contributed by atoms with Crippen LogP contribution in [0.5, 0.6) is 0 Å². The monoisotopic (exact) mass is 234 g/mol. The van der Waals surface area contributed by atoms with Gasteiger partial charge in [0.25, 0.3) is 0 Å².